The topological polar surface area (TPSA) is 29.3 Å². The molecule has 1 aromatic rings. The van der Waals surface area contributed by atoms with E-state index in [2.05, 4.69) is 43.3 Å². The summed E-state index contributed by atoms with van der Waals surface area (Å²) in [6.07, 6.45) is 0. The van der Waals surface area contributed by atoms with E-state index in [-0.39, 0.29) is 5.41 Å². The summed E-state index contributed by atoms with van der Waals surface area (Å²) in [7, 11) is 2.11. The molecule has 13 heavy (non-hydrogen) atoms. The van der Waals surface area contributed by atoms with Crippen molar-refractivity contribution in [2.24, 2.45) is 11.1 Å². The van der Waals surface area contributed by atoms with Crippen molar-refractivity contribution in [1.29, 1.82) is 0 Å². The highest BCUT2D eigenvalue weighted by Crippen LogP contribution is 2.23. The molecule has 1 rings (SSSR count). The summed E-state index contributed by atoms with van der Waals surface area (Å²) in [6, 6.07) is 4.21. The van der Waals surface area contributed by atoms with Gasteiger partial charge in [-0.2, -0.15) is 0 Å². The van der Waals surface area contributed by atoms with Crippen molar-refractivity contribution in [1.82, 2.24) is 0 Å². The van der Waals surface area contributed by atoms with Crippen molar-refractivity contribution in [3.05, 3.63) is 17.5 Å². The van der Waals surface area contributed by atoms with Crippen LogP contribution in [-0.4, -0.2) is 20.1 Å². The molecule has 0 aliphatic carbocycles. The van der Waals surface area contributed by atoms with Gasteiger partial charge in [0.2, 0.25) is 0 Å². The Morgan fingerprint density at radius 2 is 2.23 bits per heavy atom. The number of rotatable bonds is 4. The van der Waals surface area contributed by atoms with Gasteiger partial charge in [-0.05, 0) is 29.5 Å². The first-order valence-electron chi connectivity index (χ1n) is 4.50. The molecule has 1 heterocycles. The van der Waals surface area contributed by atoms with Crippen LogP contribution in [0.1, 0.15) is 13.8 Å². The summed E-state index contributed by atoms with van der Waals surface area (Å²) >= 11 is 1.77. The first kappa shape index (κ1) is 10.5. The van der Waals surface area contributed by atoms with Gasteiger partial charge in [-0.1, -0.05) is 13.8 Å². The Bertz CT molecular complexity index is 241. The number of thiophene rings is 1. The molecule has 0 unspecified atom stereocenters. The lowest BCUT2D eigenvalue weighted by Crippen LogP contribution is -2.36. The van der Waals surface area contributed by atoms with E-state index in [1.807, 2.05) is 0 Å². The quantitative estimate of drug-likeness (QED) is 0.803. The lowest BCUT2D eigenvalue weighted by atomic mass is 9.93. The monoisotopic (exact) mass is 198 g/mol. The van der Waals surface area contributed by atoms with Crippen LogP contribution < -0.4 is 10.6 Å². The van der Waals surface area contributed by atoms with E-state index >= 15 is 0 Å². The largest absolute Gasteiger partial charge is 0.366 e. The fourth-order valence-electron chi connectivity index (χ4n) is 1.27. The number of nitrogens with two attached hydrogens (primary N) is 1. The van der Waals surface area contributed by atoms with Gasteiger partial charge in [-0.3, -0.25) is 0 Å². The molecule has 0 saturated heterocycles. The maximum atomic E-state index is 5.68. The summed E-state index contributed by atoms with van der Waals surface area (Å²) in [5.41, 5.74) is 5.88. The Morgan fingerprint density at radius 3 is 2.69 bits per heavy atom. The average molecular weight is 198 g/mol. The zero-order valence-corrected chi connectivity index (χ0v) is 9.40. The number of hydrogen-bond acceptors (Lipinski definition) is 3. The summed E-state index contributed by atoms with van der Waals surface area (Å²) in [6.45, 7) is 6.11. The van der Waals surface area contributed by atoms with Crippen molar-refractivity contribution in [3.8, 4) is 0 Å². The van der Waals surface area contributed by atoms with E-state index in [0.717, 1.165) is 13.1 Å². The molecule has 74 valence electrons. The SMILES string of the molecule is CN(CC(C)(C)CN)c1cccs1. The van der Waals surface area contributed by atoms with Gasteiger partial charge in [0.15, 0.2) is 0 Å². The maximum Gasteiger partial charge on any atom is 0.0906 e. The van der Waals surface area contributed by atoms with E-state index < -0.39 is 0 Å². The second kappa shape index (κ2) is 4.11. The summed E-state index contributed by atoms with van der Waals surface area (Å²) in [4.78, 5) is 2.26. The molecule has 1 aromatic heterocycles. The van der Waals surface area contributed by atoms with Crippen LogP contribution in [0.3, 0.4) is 0 Å². The van der Waals surface area contributed by atoms with Crippen molar-refractivity contribution in [2.45, 2.75) is 13.8 Å². The highest BCUT2D eigenvalue weighted by Gasteiger charge is 2.18. The molecular formula is C10H18N2S. The second-order valence-corrected chi connectivity index (χ2v) is 5.10. The number of nitrogens with zero attached hydrogens (tertiary/aromatic N) is 1. The van der Waals surface area contributed by atoms with Crippen molar-refractivity contribution in [3.63, 3.8) is 0 Å². The van der Waals surface area contributed by atoms with Crippen LogP contribution in [0.5, 0.6) is 0 Å². The van der Waals surface area contributed by atoms with E-state index in [1.165, 1.54) is 5.00 Å². The van der Waals surface area contributed by atoms with Crippen LogP contribution >= 0.6 is 11.3 Å². The Balaban J connectivity index is 2.56. The van der Waals surface area contributed by atoms with Gasteiger partial charge in [0, 0.05) is 13.6 Å². The minimum absolute atomic E-state index is 0.193. The zero-order chi connectivity index (χ0) is 9.90. The summed E-state index contributed by atoms with van der Waals surface area (Å²) in [5.74, 6) is 0. The van der Waals surface area contributed by atoms with E-state index in [0.29, 0.717) is 0 Å². The molecule has 0 aliphatic rings. The van der Waals surface area contributed by atoms with Gasteiger partial charge in [-0.15, -0.1) is 11.3 Å². The molecule has 0 saturated carbocycles. The van der Waals surface area contributed by atoms with Gasteiger partial charge < -0.3 is 10.6 Å². The van der Waals surface area contributed by atoms with Gasteiger partial charge >= 0.3 is 0 Å². The van der Waals surface area contributed by atoms with Crippen molar-refractivity contribution >= 4 is 16.3 Å². The van der Waals surface area contributed by atoms with Crippen LogP contribution in [0.15, 0.2) is 17.5 Å². The maximum absolute atomic E-state index is 5.68. The highest BCUT2D eigenvalue weighted by atomic mass is 32.1. The fourth-order valence-corrected chi connectivity index (χ4v) is 1.97. The molecule has 0 amide bonds. The van der Waals surface area contributed by atoms with Crippen molar-refractivity contribution in [2.75, 3.05) is 25.0 Å². The fraction of sp³-hybridized carbons (Fsp3) is 0.600. The van der Waals surface area contributed by atoms with E-state index in [1.54, 1.807) is 11.3 Å². The standard InChI is InChI=1S/C10H18N2S/c1-10(2,7-11)8-12(3)9-5-4-6-13-9/h4-6H,7-8,11H2,1-3H3. The summed E-state index contributed by atoms with van der Waals surface area (Å²) in [5, 5.41) is 3.41. The Labute approximate surface area is 84.4 Å². The molecule has 0 aliphatic heterocycles. The van der Waals surface area contributed by atoms with Gasteiger partial charge in [-0.25, -0.2) is 0 Å². The molecule has 0 aromatic carbocycles. The number of anilines is 1. The predicted molar refractivity (Wildman–Crippen MR) is 60.4 cm³/mol. The average Bonchev–Trinajstić information content (AvgIpc) is 2.55. The molecule has 0 spiro atoms. The second-order valence-electron chi connectivity index (χ2n) is 4.18. The van der Waals surface area contributed by atoms with Crippen LogP contribution in [-0.2, 0) is 0 Å². The molecule has 2 N–H and O–H groups in total. The van der Waals surface area contributed by atoms with Gasteiger partial charge in [0.1, 0.15) is 0 Å². The zero-order valence-electron chi connectivity index (χ0n) is 8.58. The molecular weight excluding hydrogens is 180 g/mol. The normalized spacial score (nSPS) is 11.7. The Morgan fingerprint density at radius 1 is 1.54 bits per heavy atom. The Kier molecular flexibility index (Phi) is 3.33. The van der Waals surface area contributed by atoms with Crippen LogP contribution in [0.2, 0.25) is 0 Å². The molecule has 0 atom stereocenters. The predicted octanol–water partition coefficient (Wildman–Crippen LogP) is 2.17. The first-order chi connectivity index (χ1) is 6.05. The number of hydrogen-bond donors (Lipinski definition) is 1. The first-order valence-corrected chi connectivity index (χ1v) is 5.38. The third-order valence-electron chi connectivity index (χ3n) is 2.10. The smallest absolute Gasteiger partial charge is 0.0906 e. The van der Waals surface area contributed by atoms with Crippen LogP contribution in [0.25, 0.3) is 0 Å². The molecule has 0 radical (unpaired) electrons. The van der Waals surface area contributed by atoms with Crippen molar-refractivity contribution < 1.29 is 0 Å². The van der Waals surface area contributed by atoms with E-state index in [4.69, 9.17) is 5.73 Å². The van der Waals surface area contributed by atoms with Crippen LogP contribution in [0, 0.1) is 5.41 Å². The Hall–Kier alpha value is -0.540. The lowest BCUT2D eigenvalue weighted by molar-refractivity contribution is 0.386. The van der Waals surface area contributed by atoms with Gasteiger partial charge in [0.05, 0.1) is 5.00 Å². The highest BCUT2D eigenvalue weighted by molar-refractivity contribution is 7.14. The molecule has 2 nitrogen and oxygen atoms in total. The summed E-state index contributed by atoms with van der Waals surface area (Å²) < 4.78 is 0. The minimum Gasteiger partial charge on any atom is -0.366 e. The van der Waals surface area contributed by atoms with Gasteiger partial charge in [0.25, 0.3) is 0 Å². The lowest BCUT2D eigenvalue weighted by Gasteiger charge is -2.29. The molecule has 3 heteroatoms. The molecule has 0 bridgehead atoms. The van der Waals surface area contributed by atoms with Crippen LogP contribution in [0.4, 0.5) is 5.00 Å². The van der Waals surface area contributed by atoms with E-state index in [9.17, 15) is 0 Å². The minimum atomic E-state index is 0.193. The molecule has 0 fully saturated rings. The third kappa shape index (κ3) is 3.01. The third-order valence-corrected chi connectivity index (χ3v) is 3.08.